The summed E-state index contributed by atoms with van der Waals surface area (Å²) in [4.78, 5) is 4.18. The molecule has 0 atom stereocenters. The van der Waals surface area contributed by atoms with Gasteiger partial charge < -0.3 is 0 Å². The summed E-state index contributed by atoms with van der Waals surface area (Å²) in [6, 6.07) is 12.1. The third-order valence-electron chi connectivity index (χ3n) is 2.20. The summed E-state index contributed by atoms with van der Waals surface area (Å²) in [6.45, 7) is 8.23. The molecule has 1 heterocycles. The normalized spacial score (nSPS) is 9.33. The molecule has 0 unspecified atom stereocenters. The molecule has 0 radical (unpaired) electrons. The summed E-state index contributed by atoms with van der Waals surface area (Å²) >= 11 is 0. The Morgan fingerprint density at radius 3 is 2.28 bits per heavy atom. The third-order valence-corrected chi connectivity index (χ3v) is 2.20. The van der Waals surface area contributed by atoms with Crippen LogP contribution in [0.25, 0.3) is 10.9 Å². The Morgan fingerprint density at radius 1 is 1.06 bits per heavy atom. The van der Waals surface area contributed by atoms with E-state index in [9.17, 15) is 0 Å². The maximum atomic E-state index is 4.18. The zero-order chi connectivity index (χ0) is 13.6. The summed E-state index contributed by atoms with van der Waals surface area (Å²) in [6.07, 6.45) is 8.58. The monoisotopic (exact) mass is 243 g/mol. The van der Waals surface area contributed by atoms with Gasteiger partial charge in [0.1, 0.15) is 0 Å². The number of hydrogen-bond acceptors (Lipinski definition) is 1. The van der Waals surface area contributed by atoms with Crippen molar-refractivity contribution in [2.45, 2.75) is 40.5 Å². The van der Waals surface area contributed by atoms with E-state index < -0.39 is 0 Å². The number of aromatic nitrogens is 1. The van der Waals surface area contributed by atoms with Crippen LogP contribution in [0.3, 0.4) is 0 Å². The predicted octanol–water partition coefficient (Wildman–Crippen LogP) is 5.62. The Balaban J connectivity index is 0.000000315. The highest BCUT2D eigenvalue weighted by Gasteiger charge is 1.86. The van der Waals surface area contributed by atoms with Crippen molar-refractivity contribution in [2.24, 2.45) is 0 Å². The number of allylic oxidation sites excluding steroid dienone is 2. The molecule has 0 aliphatic carbocycles. The van der Waals surface area contributed by atoms with Gasteiger partial charge in [-0.1, -0.05) is 63.6 Å². The Morgan fingerprint density at radius 2 is 1.72 bits per heavy atom. The third kappa shape index (κ3) is 6.85. The summed E-state index contributed by atoms with van der Waals surface area (Å²) in [7, 11) is 0. The molecule has 0 saturated carbocycles. The first kappa shape index (κ1) is 16.4. The smallest absolute Gasteiger partial charge is 0.0701 e. The molecular weight excluding hydrogens is 218 g/mol. The van der Waals surface area contributed by atoms with E-state index in [0.29, 0.717) is 0 Å². The minimum Gasteiger partial charge on any atom is -0.256 e. The van der Waals surface area contributed by atoms with Gasteiger partial charge in [0.05, 0.1) is 5.52 Å². The Bertz CT molecular complexity index is 367. The van der Waals surface area contributed by atoms with Gasteiger partial charge in [-0.2, -0.15) is 0 Å². The zero-order valence-corrected chi connectivity index (χ0v) is 12.1. The van der Waals surface area contributed by atoms with Gasteiger partial charge in [-0.25, -0.2) is 0 Å². The van der Waals surface area contributed by atoms with E-state index in [-0.39, 0.29) is 0 Å². The summed E-state index contributed by atoms with van der Waals surface area (Å²) in [5, 5.41) is 1.20. The minimum absolute atomic E-state index is 1.06. The Kier molecular flexibility index (Phi) is 10.8. The summed E-state index contributed by atoms with van der Waals surface area (Å²) in [5.41, 5.74) is 1.06. The van der Waals surface area contributed by atoms with Crippen LogP contribution < -0.4 is 0 Å². The van der Waals surface area contributed by atoms with E-state index in [2.05, 4.69) is 43.1 Å². The molecule has 1 heteroatoms. The molecule has 1 nitrogen and oxygen atoms in total. The lowest BCUT2D eigenvalue weighted by Crippen LogP contribution is -1.73. The first-order valence-electron chi connectivity index (χ1n) is 6.79. The SMILES string of the molecule is C/C=C/CCC.CC.c1ccc2ncccc2c1. The molecule has 0 spiro atoms. The molecule has 0 amide bonds. The van der Waals surface area contributed by atoms with Gasteiger partial charge in [-0.15, -0.1) is 0 Å². The fourth-order valence-corrected chi connectivity index (χ4v) is 1.35. The topological polar surface area (TPSA) is 12.9 Å². The highest BCUT2D eigenvalue weighted by Crippen LogP contribution is 2.07. The van der Waals surface area contributed by atoms with Crippen molar-refractivity contribution in [1.82, 2.24) is 4.98 Å². The predicted molar refractivity (Wildman–Crippen MR) is 82.8 cm³/mol. The number of nitrogens with zero attached hydrogens (tertiary/aromatic N) is 1. The zero-order valence-electron chi connectivity index (χ0n) is 12.1. The summed E-state index contributed by atoms with van der Waals surface area (Å²) < 4.78 is 0. The lowest BCUT2D eigenvalue weighted by atomic mass is 10.2. The molecule has 2 rings (SSSR count). The second-order valence-corrected chi connectivity index (χ2v) is 3.55. The first-order valence-corrected chi connectivity index (χ1v) is 6.79. The van der Waals surface area contributed by atoms with Crippen LogP contribution in [0.1, 0.15) is 40.5 Å². The molecule has 0 N–H and O–H groups in total. The molecule has 1 aromatic heterocycles. The van der Waals surface area contributed by atoms with Crippen LogP contribution in [0.2, 0.25) is 0 Å². The van der Waals surface area contributed by atoms with E-state index in [1.165, 1.54) is 18.2 Å². The number of para-hydroxylation sites is 1. The lowest BCUT2D eigenvalue weighted by Gasteiger charge is -1.91. The van der Waals surface area contributed by atoms with Gasteiger partial charge >= 0.3 is 0 Å². The largest absolute Gasteiger partial charge is 0.256 e. The van der Waals surface area contributed by atoms with Crippen molar-refractivity contribution < 1.29 is 0 Å². The van der Waals surface area contributed by atoms with Crippen LogP contribution in [-0.2, 0) is 0 Å². The van der Waals surface area contributed by atoms with Gasteiger partial charge in [-0.05, 0) is 25.5 Å². The molecule has 0 fully saturated rings. The quantitative estimate of drug-likeness (QED) is 0.623. The van der Waals surface area contributed by atoms with Crippen molar-refractivity contribution in [3.05, 3.63) is 54.7 Å². The number of benzene rings is 1. The number of pyridine rings is 1. The Labute approximate surface area is 112 Å². The van der Waals surface area contributed by atoms with E-state index >= 15 is 0 Å². The maximum absolute atomic E-state index is 4.18. The molecule has 1 aromatic carbocycles. The molecule has 0 aliphatic heterocycles. The number of rotatable bonds is 2. The molecular formula is C17H25N. The molecule has 0 bridgehead atoms. The molecule has 0 aliphatic rings. The minimum atomic E-state index is 1.06. The molecule has 98 valence electrons. The molecule has 2 aromatic rings. The van der Waals surface area contributed by atoms with Crippen LogP contribution in [0.5, 0.6) is 0 Å². The average molecular weight is 243 g/mol. The highest BCUT2D eigenvalue weighted by molar-refractivity contribution is 5.77. The fraction of sp³-hybridized carbons (Fsp3) is 0.353. The fourth-order valence-electron chi connectivity index (χ4n) is 1.35. The van der Waals surface area contributed by atoms with Gasteiger partial charge in [0, 0.05) is 11.6 Å². The van der Waals surface area contributed by atoms with Crippen LogP contribution >= 0.6 is 0 Å². The first-order chi connectivity index (χ1) is 8.88. The lowest BCUT2D eigenvalue weighted by molar-refractivity contribution is 0.957. The van der Waals surface area contributed by atoms with Crippen LogP contribution in [0.15, 0.2) is 54.7 Å². The average Bonchev–Trinajstić information content (AvgIpc) is 2.48. The second-order valence-electron chi connectivity index (χ2n) is 3.55. The highest BCUT2D eigenvalue weighted by atomic mass is 14.6. The van der Waals surface area contributed by atoms with Crippen molar-refractivity contribution in [1.29, 1.82) is 0 Å². The second kappa shape index (κ2) is 11.8. The maximum Gasteiger partial charge on any atom is 0.0701 e. The van der Waals surface area contributed by atoms with Crippen molar-refractivity contribution in [3.63, 3.8) is 0 Å². The van der Waals surface area contributed by atoms with Gasteiger partial charge in [0.2, 0.25) is 0 Å². The van der Waals surface area contributed by atoms with Gasteiger partial charge in [0.15, 0.2) is 0 Å². The number of hydrogen-bond donors (Lipinski definition) is 0. The molecule has 18 heavy (non-hydrogen) atoms. The number of unbranched alkanes of at least 4 members (excludes halogenated alkanes) is 1. The van der Waals surface area contributed by atoms with Crippen LogP contribution in [0.4, 0.5) is 0 Å². The van der Waals surface area contributed by atoms with Gasteiger partial charge in [0.25, 0.3) is 0 Å². The number of fused-ring (bicyclic) bond motifs is 1. The van der Waals surface area contributed by atoms with Crippen molar-refractivity contribution >= 4 is 10.9 Å². The van der Waals surface area contributed by atoms with E-state index in [1.54, 1.807) is 0 Å². The standard InChI is InChI=1S/C9H7N.C6H12.C2H6/c1-2-6-9-8(4-1)5-3-7-10-9;1-3-5-6-4-2;1-2/h1-7H;3,5H,4,6H2,1-2H3;1-2H3/b;5-3+;. The van der Waals surface area contributed by atoms with Crippen LogP contribution in [0, 0.1) is 0 Å². The van der Waals surface area contributed by atoms with Crippen molar-refractivity contribution in [2.75, 3.05) is 0 Å². The van der Waals surface area contributed by atoms with E-state index in [0.717, 1.165) is 5.52 Å². The Hall–Kier alpha value is -1.63. The van der Waals surface area contributed by atoms with Crippen molar-refractivity contribution in [3.8, 4) is 0 Å². The van der Waals surface area contributed by atoms with Gasteiger partial charge in [-0.3, -0.25) is 4.98 Å². The van der Waals surface area contributed by atoms with Crippen LogP contribution in [-0.4, -0.2) is 4.98 Å². The van der Waals surface area contributed by atoms with E-state index in [4.69, 9.17) is 0 Å². The van der Waals surface area contributed by atoms with E-state index in [1.807, 2.05) is 44.3 Å². The summed E-state index contributed by atoms with van der Waals surface area (Å²) in [5.74, 6) is 0. The molecule has 0 saturated heterocycles.